The molecular weight excluding hydrogens is 626 g/mol. The molecule has 1 heterocycles. The maximum atomic E-state index is 13.6. The van der Waals surface area contributed by atoms with Gasteiger partial charge < -0.3 is 35.4 Å². The fourth-order valence-corrected chi connectivity index (χ4v) is 5.56. The molecule has 2 atom stereocenters. The van der Waals surface area contributed by atoms with Crippen LogP contribution in [-0.4, -0.2) is 61.2 Å². The molecular formula is C37H45N5O7. The number of aliphatic hydroxyl groups is 1. The number of fused-ring (bicyclic) bond motifs is 1. The maximum Gasteiger partial charge on any atom is 0.260 e. The molecule has 1 unspecified atom stereocenters. The summed E-state index contributed by atoms with van der Waals surface area (Å²) in [6, 6.07) is 14.3. The van der Waals surface area contributed by atoms with Gasteiger partial charge in [0.05, 0.1) is 25.0 Å². The number of para-hydroxylation sites is 1. The van der Waals surface area contributed by atoms with Crippen molar-refractivity contribution in [2.24, 2.45) is 4.99 Å². The van der Waals surface area contributed by atoms with Gasteiger partial charge in [-0.3, -0.25) is 24.2 Å². The van der Waals surface area contributed by atoms with Crippen LogP contribution in [0, 0.1) is 0 Å². The molecule has 0 aromatic heterocycles. The van der Waals surface area contributed by atoms with Crippen LogP contribution in [0.5, 0.6) is 11.5 Å². The van der Waals surface area contributed by atoms with Crippen LogP contribution in [0.25, 0.3) is 0 Å². The summed E-state index contributed by atoms with van der Waals surface area (Å²) >= 11 is 0. The summed E-state index contributed by atoms with van der Waals surface area (Å²) in [6.45, 7) is 9.10. The molecule has 1 aliphatic heterocycles. The number of nitrogens with one attached hydrogen (secondary N) is 3. The second-order valence-electron chi connectivity index (χ2n) is 12.0. The van der Waals surface area contributed by atoms with Crippen molar-refractivity contribution in [2.45, 2.75) is 78.2 Å². The van der Waals surface area contributed by atoms with Gasteiger partial charge in [0.1, 0.15) is 18.7 Å². The number of carbonyl (C=O) groups excluding carboxylic acids is 4. The van der Waals surface area contributed by atoms with Gasteiger partial charge in [-0.15, -0.1) is 0 Å². The smallest absolute Gasteiger partial charge is 0.260 e. The average Bonchev–Trinajstić information content (AvgIpc) is 3.54. The van der Waals surface area contributed by atoms with Crippen molar-refractivity contribution in [3.8, 4) is 11.5 Å². The minimum absolute atomic E-state index is 0.0260. The van der Waals surface area contributed by atoms with E-state index in [0.717, 1.165) is 36.9 Å². The van der Waals surface area contributed by atoms with Crippen LogP contribution in [-0.2, 0) is 34.0 Å². The predicted molar refractivity (Wildman–Crippen MR) is 189 cm³/mol. The van der Waals surface area contributed by atoms with Crippen molar-refractivity contribution in [1.29, 1.82) is 0 Å². The lowest BCUT2D eigenvalue weighted by molar-refractivity contribution is -0.130. The van der Waals surface area contributed by atoms with Crippen LogP contribution < -0.4 is 30.3 Å². The van der Waals surface area contributed by atoms with Gasteiger partial charge in [-0.1, -0.05) is 38.0 Å². The molecule has 0 saturated heterocycles. The second kappa shape index (κ2) is 17.3. The van der Waals surface area contributed by atoms with Crippen LogP contribution in [0.2, 0.25) is 0 Å². The van der Waals surface area contributed by atoms with Gasteiger partial charge in [0, 0.05) is 30.4 Å². The maximum absolute atomic E-state index is 13.6. The van der Waals surface area contributed by atoms with E-state index in [4.69, 9.17) is 9.47 Å². The first-order chi connectivity index (χ1) is 23.6. The minimum atomic E-state index is -0.909. The van der Waals surface area contributed by atoms with Gasteiger partial charge in [-0.25, -0.2) is 0 Å². The number of anilines is 2. The molecule has 12 nitrogen and oxygen atoms in total. The molecule has 260 valence electrons. The largest absolute Gasteiger partial charge is 0.493 e. The zero-order chi connectivity index (χ0) is 35.5. The number of hydrogen-bond acceptors (Lipinski definition) is 8. The summed E-state index contributed by atoms with van der Waals surface area (Å²) in [6.07, 6.45) is 3.77. The fraction of sp³-hybridized carbons (Fsp3) is 0.378. The molecule has 4 N–H and O–H groups in total. The SMILES string of the molecule is C=Nc1cc(OCc2cc(CO)cc(NC(=O)C(C)NC(=O)[C@H](C)NC(=O)CCCCC)c2)c(OC)cc1C(=O)N1CCc2ccccc21. The molecule has 3 aromatic rings. The van der Waals surface area contributed by atoms with Crippen molar-refractivity contribution < 1.29 is 33.8 Å². The fourth-order valence-electron chi connectivity index (χ4n) is 5.56. The van der Waals surface area contributed by atoms with E-state index in [0.29, 0.717) is 52.5 Å². The highest BCUT2D eigenvalue weighted by atomic mass is 16.5. The zero-order valence-corrected chi connectivity index (χ0v) is 28.5. The first-order valence-electron chi connectivity index (χ1n) is 16.4. The molecule has 0 aliphatic carbocycles. The Morgan fingerprint density at radius 3 is 2.41 bits per heavy atom. The molecule has 4 amide bonds. The molecule has 4 rings (SSSR count). The molecule has 3 aromatic carbocycles. The van der Waals surface area contributed by atoms with Gasteiger partial charge >= 0.3 is 0 Å². The van der Waals surface area contributed by atoms with E-state index in [1.54, 1.807) is 42.2 Å². The number of rotatable bonds is 16. The van der Waals surface area contributed by atoms with E-state index in [1.165, 1.54) is 14.0 Å². The Bertz CT molecular complexity index is 1690. The lowest BCUT2D eigenvalue weighted by Crippen LogP contribution is -2.50. The highest BCUT2D eigenvalue weighted by molar-refractivity contribution is 6.11. The summed E-state index contributed by atoms with van der Waals surface area (Å²) in [4.78, 5) is 57.1. The molecule has 0 radical (unpaired) electrons. The van der Waals surface area contributed by atoms with Crippen LogP contribution in [0.1, 0.15) is 73.5 Å². The number of unbranched alkanes of at least 4 members (excludes halogenated alkanes) is 2. The average molecular weight is 672 g/mol. The van der Waals surface area contributed by atoms with Crippen molar-refractivity contribution in [2.75, 3.05) is 23.9 Å². The molecule has 49 heavy (non-hydrogen) atoms. The van der Waals surface area contributed by atoms with Crippen LogP contribution in [0.4, 0.5) is 17.1 Å². The third-order valence-corrected chi connectivity index (χ3v) is 8.24. The molecule has 0 fully saturated rings. The van der Waals surface area contributed by atoms with Gasteiger partial charge in [0.25, 0.3) is 5.91 Å². The highest BCUT2D eigenvalue weighted by Gasteiger charge is 2.28. The lowest BCUT2D eigenvalue weighted by atomic mass is 10.1. The van der Waals surface area contributed by atoms with Crippen LogP contribution in [0.3, 0.4) is 0 Å². The minimum Gasteiger partial charge on any atom is -0.493 e. The Hall–Kier alpha value is -5.23. The number of methoxy groups -OCH3 is 1. The van der Waals surface area contributed by atoms with Crippen LogP contribution >= 0.6 is 0 Å². The number of amides is 4. The van der Waals surface area contributed by atoms with E-state index >= 15 is 0 Å². The van der Waals surface area contributed by atoms with Gasteiger partial charge in [0.2, 0.25) is 17.7 Å². The number of nitrogens with zero attached hydrogens (tertiary/aromatic N) is 2. The Labute approximate surface area is 286 Å². The molecule has 0 bridgehead atoms. The van der Waals surface area contributed by atoms with Gasteiger partial charge in [-0.05, 0) is 80.4 Å². The van der Waals surface area contributed by atoms with E-state index < -0.39 is 23.9 Å². The monoisotopic (exact) mass is 671 g/mol. The third kappa shape index (κ3) is 9.44. The van der Waals surface area contributed by atoms with Crippen LogP contribution in [0.15, 0.2) is 59.6 Å². The van der Waals surface area contributed by atoms with Crippen molar-refractivity contribution >= 4 is 47.4 Å². The zero-order valence-electron chi connectivity index (χ0n) is 28.5. The second-order valence-corrected chi connectivity index (χ2v) is 12.0. The Morgan fingerprint density at radius 2 is 1.69 bits per heavy atom. The summed E-state index contributed by atoms with van der Waals surface area (Å²) in [7, 11) is 1.48. The first-order valence-corrected chi connectivity index (χ1v) is 16.4. The van der Waals surface area contributed by atoms with Crippen molar-refractivity contribution in [3.63, 3.8) is 0 Å². The quantitative estimate of drug-likeness (QED) is 0.125. The van der Waals surface area contributed by atoms with Crippen molar-refractivity contribution in [3.05, 3.63) is 76.9 Å². The summed E-state index contributed by atoms with van der Waals surface area (Å²) < 4.78 is 11.7. The van der Waals surface area contributed by atoms with E-state index in [-0.39, 0.29) is 25.0 Å². The van der Waals surface area contributed by atoms with Gasteiger partial charge in [-0.2, -0.15) is 0 Å². The lowest BCUT2D eigenvalue weighted by Gasteiger charge is -2.20. The Morgan fingerprint density at radius 1 is 0.959 bits per heavy atom. The normalized spacial score (nSPS) is 13.1. The molecule has 0 spiro atoms. The summed E-state index contributed by atoms with van der Waals surface area (Å²) in [5.41, 5.74) is 4.17. The number of ether oxygens (including phenoxy) is 2. The standard InChI is InChI=1S/C37H45N5O7/c1-6-7-8-13-34(44)39-23(2)35(45)40-24(3)36(46)41-28-17-25(21-43)16-26(18-28)22-49-33-20-30(38-4)29(19-32(33)48-5)37(47)42-15-14-27-11-9-10-12-31(27)42/h9-12,16-20,23-24,43H,4,6-8,13-15,21-22H2,1-3,5H3,(H,39,44)(H,40,45)(H,41,46)/t23-,24?/m0/s1. The molecule has 1 aliphatic rings. The predicted octanol–water partition coefficient (Wildman–Crippen LogP) is 4.83. The summed E-state index contributed by atoms with van der Waals surface area (Å²) in [5, 5.41) is 18.0. The number of benzene rings is 3. The third-order valence-electron chi connectivity index (χ3n) is 8.24. The Kier molecular flexibility index (Phi) is 12.9. The number of aliphatic imine (C=N–C) groups is 1. The first kappa shape index (κ1) is 36.6. The Balaban J connectivity index is 1.42. The molecule has 0 saturated carbocycles. The van der Waals surface area contributed by atoms with Crippen molar-refractivity contribution in [1.82, 2.24) is 10.6 Å². The van der Waals surface area contributed by atoms with E-state index in [9.17, 15) is 24.3 Å². The summed E-state index contributed by atoms with van der Waals surface area (Å²) in [5.74, 6) is -0.750. The highest BCUT2D eigenvalue weighted by Crippen LogP contribution is 2.38. The number of hydrogen-bond donors (Lipinski definition) is 4. The van der Waals surface area contributed by atoms with E-state index in [2.05, 4.69) is 27.7 Å². The van der Waals surface area contributed by atoms with Gasteiger partial charge in [0.15, 0.2) is 11.5 Å². The molecule has 12 heteroatoms. The topological polar surface area (TPSA) is 159 Å². The number of aliphatic hydroxyl groups excluding tert-OH is 1. The number of carbonyl (C=O) groups is 4. The van der Waals surface area contributed by atoms with E-state index in [1.807, 2.05) is 31.2 Å².